The largest absolute Gasteiger partial charge is 0.481 e. The van der Waals surface area contributed by atoms with Gasteiger partial charge in [0.1, 0.15) is 24.7 Å². The molecule has 1 fully saturated rings. The summed E-state index contributed by atoms with van der Waals surface area (Å²) in [5, 5.41) is 14.0. The van der Waals surface area contributed by atoms with Gasteiger partial charge in [-0.2, -0.15) is 5.10 Å². The number of carboxylic acid groups (broad SMARTS) is 1. The van der Waals surface area contributed by atoms with Crippen molar-refractivity contribution in [1.82, 2.24) is 19.7 Å². The summed E-state index contributed by atoms with van der Waals surface area (Å²) in [6.45, 7) is 3.30. The van der Waals surface area contributed by atoms with E-state index in [9.17, 15) is 9.90 Å². The maximum atomic E-state index is 11.3. The maximum Gasteiger partial charge on any atom is 0.313 e. The highest BCUT2D eigenvalue weighted by atomic mass is 32.1. The third kappa shape index (κ3) is 4.16. The van der Waals surface area contributed by atoms with Gasteiger partial charge < -0.3 is 9.84 Å². The topological polar surface area (TPSA) is 90.1 Å². The number of aryl methyl sites for hydroxylation is 1. The molecule has 1 aliphatic rings. The van der Waals surface area contributed by atoms with E-state index in [1.165, 1.54) is 16.9 Å². The van der Waals surface area contributed by atoms with Crippen molar-refractivity contribution in [3.05, 3.63) is 36.4 Å². The van der Waals surface area contributed by atoms with Crippen molar-refractivity contribution in [3.63, 3.8) is 0 Å². The van der Waals surface area contributed by atoms with Crippen molar-refractivity contribution < 1.29 is 14.6 Å². The van der Waals surface area contributed by atoms with E-state index in [0.717, 1.165) is 36.0 Å². The lowest BCUT2D eigenvalue weighted by molar-refractivity contribution is -0.144. The molecule has 0 radical (unpaired) electrons. The van der Waals surface area contributed by atoms with Gasteiger partial charge in [-0.1, -0.05) is 30.7 Å². The molecule has 1 N–H and O–H groups in total. The fourth-order valence-corrected chi connectivity index (χ4v) is 4.23. The number of aliphatic carboxylic acids is 1. The molecule has 8 heteroatoms. The number of carbonyl (C=O) groups is 1. The smallest absolute Gasteiger partial charge is 0.313 e. The molecule has 1 atom stereocenters. The second kappa shape index (κ2) is 7.87. The van der Waals surface area contributed by atoms with Gasteiger partial charge in [0.15, 0.2) is 0 Å². The molecule has 0 spiro atoms. The Bertz CT molecular complexity index is 950. The zero-order valence-corrected chi connectivity index (χ0v) is 16.7. The first-order valence-electron chi connectivity index (χ1n) is 9.66. The molecule has 1 aromatic carbocycles. The van der Waals surface area contributed by atoms with Crippen LogP contribution in [0.4, 0.5) is 0 Å². The highest BCUT2D eigenvalue weighted by molar-refractivity contribution is 7.20. The Balaban J connectivity index is 1.38. The SMILES string of the molecule is CCC(CCn1cncn1)Cc1ccc2nc(OCC3(C(=O)O)CC3)sc2c1. The van der Waals surface area contributed by atoms with Crippen molar-refractivity contribution in [2.75, 3.05) is 6.61 Å². The van der Waals surface area contributed by atoms with Crippen molar-refractivity contribution in [3.8, 4) is 5.19 Å². The molecule has 28 heavy (non-hydrogen) atoms. The van der Waals surface area contributed by atoms with Gasteiger partial charge in [0.25, 0.3) is 5.19 Å². The minimum atomic E-state index is -0.771. The number of hydrogen-bond acceptors (Lipinski definition) is 6. The second-order valence-corrected chi connectivity index (χ2v) is 8.57. The molecule has 3 aromatic rings. The lowest BCUT2D eigenvalue weighted by Crippen LogP contribution is -2.22. The molecule has 2 heterocycles. The summed E-state index contributed by atoms with van der Waals surface area (Å²) in [6.07, 6.45) is 7.88. The number of benzene rings is 1. The Labute approximate surface area is 167 Å². The van der Waals surface area contributed by atoms with E-state index < -0.39 is 11.4 Å². The summed E-state index contributed by atoms with van der Waals surface area (Å²) >= 11 is 1.49. The van der Waals surface area contributed by atoms with E-state index in [2.05, 4.69) is 34.1 Å². The quantitative estimate of drug-likeness (QED) is 0.557. The van der Waals surface area contributed by atoms with Gasteiger partial charge in [-0.25, -0.2) is 9.97 Å². The van der Waals surface area contributed by atoms with Gasteiger partial charge in [0.05, 0.1) is 10.2 Å². The fourth-order valence-electron chi connectivity index (χ4n) is 3.35. The minimum Gasteiger partial charge on any atom is -0.481 e. The highest BCUT2D eigenvalue weighted by Crippen LogP contribution is 2.46. The zero-order valence-electron chi connectivity index (χ0n) is 15.9. The Morgan fingerprint density at radius 3 is 2.96 bits per heavy atom. The monoisotopic (exact) mass is 400 g/mol. The standard InChI is InChI=1S/C20H24N4O3S/c1-2-14(5-8-24-13-21-12-22-24)9-15-3-4-16-17(10-15)28-19(23-16)27-11-20(6-7-20)18(25)26/h3-4,10,12-14H,2,5-9,11H2,1H3,(H,25,26). The van der Waals surface area contributed by atoms with E-state index in [1.54, 1.807) is 12.7 Å². The number of rotatable bonds is 10. The normalized spacial score (nSPS) is 16.2. The minimum absolute atomic E-state index is 0.204. The summed E-state index contributed by atoms with van der Waals surface area (Å²) in [5.41, 5.74) is 1.50. The Morgan fingerprint density at radius 1 is 1.43 bits per heavy atom. The number of thiazole rings is 1. The average molecular weight is 401 g/mol. The van der Waals surface area contributed by atoms with Crippen LogP contribution >= 0.6 is 11.3 Å². The molecule has 7 nitrogen and oxygen atoms in total. The van der Waals surface area contributed by atoms with Crippen LogP contribution in [0, 0.1) is 11.3 Å². The van der Waals surface area contributed by atoms with Crippen molar-refractivity contribution in [2.24, 2.45) is 11.3 Å². The summed E-state index contributed by atoms with van der Waals surface area (Å²) in [5.74, 6) is -0.192. The van der Waals surface area contributed by atoms with Crippen molar-refractivity contribution in [2.45, 2.75) is 45.6 Å². The maximum absolute atomic E-state index is 11.3. The van der Waals surface area contributed by atoms with Crippen LogP contribution in [0.5, 0.6) is 5.19 Å². The predicted molar refractivity (Wildman–Crippen MR) is 107 cm³/mol. The van der Waals surface area contributed by atoms with Crippen molar-refractivity contribution in [1.29, 1.82) is 0 Å². The Hall–Kier alpha value is -2.48. The van der Waals surface area contributed by atoms with E-state index >= 15 is 0 Å². The average Bonchev–Trinajstić information content (AvgIpc) is 3.12. The molecule has 2 aromatic heterocycles. The van der Waals surface area contributed by atoms with Gasteiger partial charge in [0, 0.05) is 6.54 Å². The van der Waals surface area contributed by atoms with Gasteiger partial charge in [-0.15, -0.1) is 0 Å². The Morgan fingerprint density at radius 2 is 2.29 bits per heavy atom. The number of carboxylic acids is 1. The lowest BCUT2D eigenvalue weighted by atomic mass is 9.94. The van der Waals surface area contributed by atoms with Crippen molar-refractivity contribution >= 4 is 27.5 Å². The zero-order chi connectivity index (χ0) is 19.6. The van der Waals surface area contributed by atoms with Gasteiger partial charge in [-0.3, -0.25) is 9.48 Å². The molecular weight excluding hydrogens is 376 g/mol. The molecule has 1 aliphatic carbocycles. The predicted octanol–water partition coefficient (Wildman–Crippen LogP) is 3.79. The first-order chi connectivity index (χ1) is 13.6. The first-order valence-corrected chi connectivity index (χ1v) is 10.5. The summed E-state index contributed by atoms with van der Waals surface area (Å²) in [6, 6.07) is 6.34. The van der Waals surface area contributed by atoms with Gasteiger partial charge in [0.2, 0.25) is 0 Å². The summed E-state index contributed by atoms with van der Waals surface area (Å²) in [4.78, 5) is 19.8. The molecule has 0 bridgehead atoms. The van der Waals surface area contributed by atoms with Crippen LogP contribution in [0.25, 0.3) is 10.2 Å². The number of hydrogen-bond donors (Lipinski definition) is 1. The third-order valence-electron chi connectivity index (χ3n) is 5.55. The highest BCUT2D eigenvalue weighted by Gasteiger charge is 2.51. The van der Waals surface area contributed by atoms with E-state index in [0.29, 0.717) is 24.0 Å². The number of ether oxygens (including phenoxy) is 1. The van der Waals surface area contributed by atoms with E-state index in [1.807, 2.05) is 10.7 Å². The van der Waals surface area contributed by atoms with Crippen LogP contribution in [-0.2, 0) is 17.8 Å². The number of aromatic nitrogens is 4. The molecule has 0 amide bonds. The number of nitrogens with zero attached hydrogens (tertiary/aromatic N) is 4. The third-order valence-corrected chi connectivity index (χ3v) is 6.48. The van der Waals surface area contributed by atoms with Crippen LogP contribution in [0.1, 0.15) is 38.2 Å². The van der Waals surface area contributed by atoms with Crippen LogP contribution in [-0.4, -0.2) is 37.4 Å². The van der Waals surface area contributed by atoms with Gasteiger partial charge in [-0.05, 0) is 49.3 Å². The van der Waals surface area contributed by atoms with E-state index in [4.69, 9.17) is 4.74 Å². The summed E-state index contributed by atoms with van der Waals surface area (Å²) in [7, 11) is 0. The first kappa shape index (κ1) is 18.9. The molecule has 0 saturated heterocycles. The van der Waals surface area contributed by atoms with Crippen LogP contribution < -0.4 is 4.74 Å². The number of fused-ring (bicyclic) bond motifs is 1. The summed E-state index contributed by atoms with van der Waals surface area (Å²) < 4.78 is 8.67. The molecule has 1 unspecified atom stereocenters. The second-order valence-electron chi connectivity index (χ2n) is 7.58. The lowest BCUT2D eigenvalue weighted by Gasteiger charge is -2.14. The van der Waals surface area contributed by atoms with Crippen LogP contribution in [0.3, 0.4) is 0 Å². The molecule has 0 aliphatic heterocycles. The molecule has 1 saturated carbocycles. The molecular formula is C20H24N4O3S. The van der Waals surface area contributed by atoms with Gasteiger partial charge >= 0.3 is 5.97 Å². The van der Waals surface area contributed by atoms with Crippen LogP contribution in [0.2, 0.25) is 0 Å². The molecule has 4 rings (SSSR count). The fraction of sp³-hybridized carbons (Fsp3) is 0.500. The van der Waals surface area contributed by atoms with E-state index in [-0.39, 0.29) is 6.61 Å². The Kier molecular flexibility index (Phi) is 5.30. The van der Waals surface area contributed by atoms with Crippen LogP contribution in [0.15, 0.2) is 30.9 Å². The molecule has 148 valence electrons.